The Hall–Kier alpha value is -4.73. The van der Waals surface area contributed by atoms with E-state index < -0.39 is 5.82 Å². The van der Waals surface area contributed by atoms with Crippen LogP contribution < -0.4 is 10.1 Å². The van der Waals surface area contributed by atoms with Crippen LogP contribution in [-0.2, 0) is 4.74 Å². The predicted octanol–water partition coefficient (Wildman–Crippen LogP) is 6.46. The van der Waals surface area contributed by atoms with Gasteiger partial charge in [-0.05, 0) is 55.7 Å². The van der Waals surface area contributed by atoms with Crippen molar-refractivity contribution in [2.24, 2.45) is 0 Å². The van der Waals surface area contributed by atoms with E-state index in [-0.39, 0.29) is 23.7 Å². The average molecular weight is 510 g/mol. The maximum Gasteiger partial charge on any atom is 0.240 e. The van der Waals surface area contributed by atoms with Gasteiger partial charge in [0.05, 0.1) is 24.4 Å². The van der Waals surface area contributed by atoms with Crippen molar-refractivity contribution in [2.75, 3.05) is 18.5 Å². The van der Waals surface area contributed by atoms with E-state index in [4.69, 9.17) is 22.6 Å². The molecule has 2 aromatic carbocycles. The summed E-state index contributed by atoms with van der Waals surface area (Å²) in [6, 6.07) is 11.0. The molecule has 2 atom stereocenters. The van der Waals surface area contributed by atoms with Crippen LogP contribution >= 0.6 is 0 Å². The Morgan fingerprint density at radius 3 is 2.79 bits per heavy atom. The van der Waals surface area contributed by atoms with Gasteiger partial charge in [0, 0.05) is 29.4 Å². The van der Waals surface area contributed by atoms with Crippen LogP contribution in [0, 0.1) is 25.9 Å². The van der Waals surface area contributed by atoms with Crippen molar-refractivity contribution in [1.29, 1.82) is 0 Å². The van der Waals surface area contributed by atoms with Gasteiger partial charge in [0.25, 0.3) is 0 Å². The average Bonchev–Trinajstić information content (AvgIpc) is 3.36. The summed E-state index contributed by atoms with van der Waals surface area (Å²) in [5.41, 5.74) is 2.82. The van der Waals surface area contributed by atoms with Crippen LogP contribution in [0.5, 0.6) is 11.5 Å². The summed E-state index contributed by atoms with van der Waals surface area (Å²) in [6.07, 6.45) is 4.51. The Morgan fingerprint density at radius 1 is 1.24 bits per heavy atom. The monoisotopic (exact) mass is 509 g/mol. The van der Waals surface area contributed by atoms with Crippen molar-refractivity contribution in [2.45, 2.75) is 31.9 Å². The number of halogens is 1. The Bertz CT molecular complexity index is 1590. The Labute approximate surface area is 219 Å². The van der Waals surface area contributed by atoms with Gasteiger partial charge in [-0.25, -0.2) is 20.8 Å². The number of ether oxygens (including phenoxy) is 2. The van der Waals surface area contributed by atoms with Gasteiger partial charge in [-0.1, -0.05) is 12.1 Å². The quantitative estimate of drug-likeness (QED) is 0.221. The molecule has 1 aliphatic heterocycles. The standard InChI is InChI=1S/C29H24FN5O3/c1-17-12-19(38-25-7-5-4-6-23(25)30)10-11-21(17)28(36)22-14-33-29-26(22)27(24(32-3)15-34-29)35-18-8-9-20(13-31-2)37-16-18/h4-7,10-12,14-15,18,20H,8-9,13,16H2,1H3,(H2,33,34,35)/t18-,20+/m1/s1. The number of aryl methyl sites for hydroxylation is 1. The zero-order valence-corrected chi connectivity index (χ0v) is 20.6. The van der Waals surface area contributed by atoms with E-state index in [1.165, 1.54) is 18.3 Å². The molecule has 0 amide bonds. The van der Waals surface area contributed by atoms with Crippen LogP contribution in [-0.4, -0.2) is 41.0 Å². The lowest BCUT2D eigenvalue weighted by Crippen LogP contribution is -2.35. The number of nitrogens with zero attached hydrogens (tertiary/aromatic N) is 3. The maximum absolute atomic E-state index is 14.0. The van der Waals surface area contributed by atoms with Crippen molar-refractivity contribution in [3.05, 3.63) is 100 Å². The summed E-state index contributed by atoms with van der Waals surface area (Å²) >= 11 is 0. The number of nitrogens with one attached hydrogen (secondary N) is 2. The first kappa shape index (κ1) is 24.9. The molecule has 5 rings (SSSR count). The number of fused-ring (bicyclic) bond motifs is 1. The summed E-state index contributed by atoms with van der Waals surface area (Å²) in [7, 11) is 0. The number of anilines is 1. The van der Waals surface area contributed by atoms with Gasteiger partial charge in [0.15, 0.2) is 17.3 Å². The highest BCUT2D eigenvalue weighted by Gasteiger charge is 2.27. The summed E-state index contributed by atoms with van der Waals surface area (Å²) < 4.78 is 25.5. The van der Waals surface area contributed by atoms with Crippen LogP contribution in [0.2, 0.25) is 0 Å². The van der Waals surface area contributed by atoms with Crippen LogP contribution in [0.15, 0.2) is 54.9 Å². The third-order valence-electron chi connectivity index (χ3n) is 6.57. The van der Waals surface area contributed by atoms with Crippen LogP contribution in [0.4, 0.5) is 15.8 Å². The fourth-order valence-electron chi connectivity index (χ4n) is 4.62. The fraction of sp³-hybridized carbons (Fsp3) is 0.241. The number of hydrogen-bond acceptors (Lipinski definition) is 5. The highest BCUT2D eigenvalue weighted by molar-refractivity contribution is 6.20. The number of hydrogen-bond donors (Lipinski definition) is 2. The molecule has 190 valence electrons. The van der Waals surface area contributed by atoms with Crippen molar-refractivity contribution in [3.63, 3.8) is 0 Å². The number of para-hydroxylation sites is 1. The predicted molar refractivity (Wildman–Crippen MR) is 141 cm³/mol. The van der Waals surface area contributed by atoms with Crippen LogP contribution in [0.25, 0.3) is 20.7 Å². The van der Waals surface area contributed by atoms with Crippen molar-refractivity contribution >= 4 is 28.2 Å². The summed E-state index contributed by atoms with van der Waals surface area (Å²) in [6.45, 7) is 17.2. The summed E-state index contributed by atoms with van der Waals surface area (Å²) in [5, 5.41) is 3.95. The number of carbonyl (C=O) groups excluding carboxylic acids is 1. The van der Waals surface area contributed by atoms with E-state index in [0.717, 1.165) is 12.8 Å². The molecular formula is C29H24FN5O3. The molecule has 8 nitrogen and oxygen atoms in total. The van der Waals surface area contributed by atoms with Gasteiger partial charge in [0.1, 0.15) is 17.5 Å². The second-order valence-corrected chi connectivity index (χ2v) is 9.11. The van der Waals surface area contributed by atoms with Crippen molar-refractivity contribution in [3.8, 4) is 11.5 Å². The number of carbonyl (C=O) groups is 1. The molecule has 0 bridgehead atoms. The fourth-order valence-corrected chi connectivity index (χ4v) is 4.62. The number of benzene rings is 2. The molecule has 0 aliphatic carbocycles. The van der Waals surface area contributed by atoms with E-state index >= 15 is 0 Å². The molecule has 1 saturated heterocycles. The van der Waals surface area contributed by atoms with Crippen LogP contribution in [0.3, 0.4) is 0 Å². The number of aromatic amines is 1. The first-order valence-electron chi connectivity index (χ1n) is 12.1. The molecular weight excluding hydrogens is 485 g/mol. The minimum absolute atomic E-state index is 0.0718. The molecule has 0 spiro atoms. The third-order valence-corrected chi connectivity index (χ3v) is 6.57. The van der Waals surface area contributed by atoms with Gasteiger partial charge in [-0.2, -0.15) is 0 Å². The second-order valence-electron chi connectivity index (χ2n) is 9.11. The molecule has 38 heavy (non-hydrogen) atoms. The highest BCUT2D eigenvalue weighted by Crippen LogP contribution is 2.37. The molecule has 3 heterocycles. The first-order valence-corrected chi connectivity index (χ1v) is 12.1. The number of ketones is 1. The number of pyridine rings is 1. The maximum atomic E-state index is 14.0. The Kier molecular flexibility index (Phi) is 7.03. The number of H-pyrrole nitrogens is 1. The van der Waals surface area contributed by atoms with Gasteiger partial charge < -0.3 is 24.6 Å². The Morgan fingerprint density at radius 2 is 2.08 bits per heavy atom. The second kappa shape index (κ2) is 10.7. The topological polar surface area (TPSA) is 85.0 Å². The molecule has 1 aliphatic rings. The SMILES string of the molecule is [C-]#[N+]C[C@@H]1CC[C@@H](Nc2c([N+]#[C-])cnc3[nH]cc(C(=O)c4ccc(Oc5ccccc5F)cc4C)c23)CO1. The lowest BCUT2D eigenvalue weighted by atomic mass is 9.97. The molecule has 9 heteroatoms. The van der Waals surface area contributed by atoms with Gasteiger partial charge in [-0.3, -0.25) is 4.79 Å². The third kappa shape index (κ3) is 4.93. The van der Waals surface area contributed by atoms with Crippen molar-refractivity contribution < 1.29 is 18.7 Å². The van der Waals surface area contributed by atoms with E-state index in [9.17, 15) is 9.18 Å². The molecule has 0 saturated carbocycles. The van der Waals surface area contributed by atoms with Crippen LogP contribution in [0.1, 0.15) is 34.3 Å². The molecule has 1 fully saturated rings. The minimum atomic E-state index is -0.475. The van der Waals surface area contributed by atoms with E-state index in [1.54, 1.807) is 43.5 Å². The van der Waals surface area contributed by atoms with Gasteiger partial charge in [0.2, 0.25) is 12.2 Å². The van der Waals surface area contributed by atoms with E-state index in [1.807, 2.05) is 0 Å². The highest BCUT2D eigenvalue weighted by atomic mass is 19.1. The normalized spacial score (nSPS) is 16.9. The summed E-state index contributed by atoms with van der Waals surface area (Å²) in [4.78, 5) is 28.2. The smallest absolute Gasteiger partial charge is 0.240 e. The first-order chi connectivity index (χ1) is 18.5. The Balaban J connectivity index is 1.45. The van der Waals surface area contributed by atoms with E-state index in [0.29, 0.717) is 58.0 Å². The lowest BCUT2D eigenvalue weighted by Gasteiger charge is -2.28. The van der Waals surface area contributed by atoms with Crippen molar-refractivity contribution in [1.82, 2.24) is 9.97 Å². The number of aromatic nitrogens is 2. The lowest BCUT2D eigenvalue weighted by molar-refractivity contribution is 0.0197. The number of rotatable bonds is 7. The largest absolute Gasteiger partial charge is 0.454 e. The molecule has 4 aromatic rings. The molecule has 2 N–H and O–H groups in total. The zero-order valence-electron chi connectivity index (χ0n) is 20.6. The summed E-state index contributed by atoms with van der Waals surface area (Å²) in [5.74, 6) is -0.202. The zero-order chi connectivity index (χ0) is 26.6. The molecule has 0 unspecified atom stereocenters. The van der Waals surface area contributed by atoms with Gasteiger partial charge in [-0.15, -0.1) is 0 Å². The molecule has 0 radical (unpaired) electrons. The molecule has 2 aromatic heterocycles. The van der Waals surface area contributed by atoms with Gasteiger partial charge >= 0.3 is 0 Å². The van der Waals surface area contributed by atoms with E-state index in [2.05, 4.69) is 25.0 Å². The minimum Gasteiger partial charge on any atom is -0.454 e.